The van der Waals surface area contributed by atoms with Gasteiger partial charge in [-0.3, -0.25) is 4.79 Å². The number of ether oxygens (including phenoxy) is 1. The Balaban J connectivity index is 2.00. The monoisotopic (exact) mass is 643 g/mol. The molecule has 0 radical (unpaired) electrons. The summed E-state index contributed by atoms with van der Waals surface area (Å²) in [7, 11) is 0. The van der Waals surface area contributed by atoms with Crippen LogP contribution in [0.15, 0.2) is 6.07 Å². The Labute approximate surface area is 287 Å². The molecule has 0 aliphatic carbocycles. The Bertz CT molecular complexity index is 887. The highest BCUT2D eigenvalue weighted by Crippen LogP contribution is 2.39. The average molecular weight is 643 g/mol. The van der Waals surface area contributed by atoms with Gasteiger partial charge < -0.3 is 9.84 Å². The minimum Gasteiger partial charge on any atom is -0.507 e. The van der Waals surface area contributed by atoms with Crippen molar-refractivity contribution in [1.82, 2.24) is 0 Å². The van der Waals surface area contributed by atoms with Crippen LogP contribution < -0.4 is 0 Å². The molecule has 1 rings (SSSR count). The normalized spacial score (nSPS) is 11.8. The first kappa shape index (κ1) is 42.5. The van der Waals surface area contributed by atoms with Crippen LogP contribution in [0.4, 0.5) is 0 Å². The molecule has 1 aromatic rings. The van der Waals surface area contributed by atoms with Gasteiger partial charge in [-0.15, -0.1) is 0 Å². The van der Waals surface area contributed by atoms with Crippen LogP contribution in [0.1, 0.15) is 223 Å². The van der Waals surface area contributed by atoms with E-state index < -0.39 is 0 Å². The van der Waals surface area contributed by atoms with Gasteiger partial charge in [0.2, 0.25) is 0 Å². The van der Waals surface area contributed by atoms with Crippen molar-refractivity contribution in [3.63, 3.8) is 0 Å². The standard InChI is InChI=1S/C43H78O3/c1-7-9-11-12-13-14-15-16-17-18-19-20-21-22-23-24-25-26-27-28-29-31-35-46-41(44)33-32-39-37(3)36-40(42(45)38(39)4)43(5,6)34-30-10-8-2/h36,45H,7-35H2,1-6H3. The summed E-state index contributed by atoms with van der Waals surface area (Å²) in [5, 5.41) is 11.0. The Morgan fingerprint density at radius 1 is 0.630 bits per heavy atom. The summed E-state index contributed by atoms with van der Waals surface area (Å²) < 4.78 is 5.55. The van der Waals surface area contributed by atoms with Crippen molar-refractivity contribution in [2.45, 2.75) is 227 Å². The highest BCUT2D eigenvalue weighted by Gasteiger charge is 2.26. The van der Waals surface area contributed by atoms with Gasteiger partial charge in [0.1, 0.15) is 5.75 Å². The summed E-state index contributed by atoms with van der Waals surface area (Å²) in [6, 6.07) is 2.15. The summed E-state index contributed by atoms with van der Waals surface area (Å²) >= 11 is 0. The van der Waals surface area contributed by atoms with Crippen LogP contribution in [0.2, 0.25) is 0 Å². The number of aromatic hydroxyl groups is 1. The number of phenols is 1. The maximum absolute atomic E-state index is 12.4. The van der Waals surface area contributed by atoms with Gasteiger partial charge in [0, 0.05) is 12.0 Å². The van der Waals surface area contributed by atoms with Crippen LogP contribution >= 0.6 is 0 Å². The third-order valence-corrected chi connectivity index (χ3v) is 10.4. The fourth-order valence-electron chi connectivity index (χ4n) is 7.06. The van der Waals surface area contributed by atoms with Gasteiger partial charge in [-0.1, -0.05) is 188 Å². The summed E-state index contributed by atoms with van der Waals surface area (Å²) in [4.78, 5) is 12.4. The minimum absolute atomic E-state index is 0.0578. The maximum Gasteiger partial charge on any atom is 0.306 e. The number of hydrogen-bond donors (Lipinski definition) is 1. The number of esters is 1. The SMILES string of the molecule is CCCCCCCCCCCCCCCCCCCCCCCCOC(=O)CCc1c(C)cc(C(C)(C)CCCCC)c(O)c1C. The van der Waals surface area contributed by atoms with E-state index in [-0.39, 0.29) is 11.4 Å². The molecule has 0 amide bonds. The molecule has 3 nitrogen and oxygen atoms in total. The molecule has 0 saturated heterocycles. The number of carbonyl (C=O) groups excluding carboxylic acids is 1. The molecular weight excluding hydrogens is 564 g/mol. The molecule has 1 aromatic carbocycles. The van der Waals surface area contributed by atoms with E-state index in [1.807, 2.05) is 6.92 Å². The van der Waals surface area contributed by atoms with Crippen LogP contribution in [-0.4, -0.2) is 17.7 Å². The summed E-state index contributed by atoms with van der Waals surface area (Å²) in [6.07, 6.45) is 36.0. The largest absolute Gasteiger partial charge is 0.507 e. The van der Waals surface area contributed by atoms with Gasteiger partial charge in [0.15, 0.2) is 0 Å². The van der Waals surface area contributed by atoms with Crippen LogP contribution in [0.25, 0.3) is 0 Å². The molecule has 0 atom stereocenters. The van der Waals surface area contributed by atoms with E-state index in [2.05, 4.69) is 40.7 Å². The van der Waals surface area contributed by atoms with Crippen LogP contribution in [0.3, 0.4) is 0 Å². The number of carbonyl (C=O) groups is 1. The average Bonchev–Trinajstić information content (AvgIpc) is 3.03. The smallest absolute Gasteiger partial charge is 0.306 e. The second-order valence-electron chi connectivity index (χ2n) is 15.2. The molecule has 1 N–H and O–H groups in total. The summed E-state index contributed by atoms with van der Waals surface area (Å²) in [6.45, 7) is 13.6. The van der Waals surface area contributed by atoms with Gasteiger partial charge in [-0.05, 0) is 55.2 Å². The first-order valence-corrected chi connectivity index (χ1v) is 20.2. The summed E-state index contributed by atoms with van der Waals surface area (Å²) in [5.74, 6) is 0.288. The molecule has 0 bridgehead atoms. The zero-order valence-corrected chi connectivity index (χ0v) is 31.8. The molecule has 0 spiro atoms. The molecule has 0 aromatic heterocycles. The lowest BCUT2D eigenvalue weighted by Crippen LogP contribution is -2.18. The molecule has 46 heavy (non-hydrogen) atoms. The molecule has 0 unspecified atom stereocenters. The van der Waals surface area contributed by atoms with E-state index in [9.17, 15) is 9.90 Å². The van der Waals surface area contributed by atoms with Gasteiger partial charge in [-0.2, -0.15) is 0 Å². The van der Waals surface area contributed by atoms with Crippen molar-refractivity contribution in [1.29, 1.82) is 0 Å². The number of benzene rings is 1. The van der Waals surface area contributed by atoms with Gasteiger partial charge >= 0.3 is 5.97 Å². The predicted octanol–water partition coefficient (Wildman–Crippen LogP) is 13.9. The first-order chi connectivity index (χ1) is 22.2. The van der Waals surface area contributed by atoms with Crippen molar-refractivity contribution < 1.29 is 14.6 Å². The van der Waals surface area contributed by atoms with Gasteiger partial charge in [0.05, 0.1) is 6.61 Å². The van der Waals surface area contributed by atoms with E-state index in [4.69, 9.17) is 4.74 Å². The molecule has 0 aliphatic heterocycles. The van der Waals surface area contributed by atoms with Crippen molar-refractivity contribution in [2.24, 2.45) is 0 Å². The minimum atomic E-state index is -0.120. The van der Waals surface area contributed by atoms with E-state index >= 15 is 0 Å². The molecule has 0 saturated carbocycles. The number of aryl methyl sites for hydroxylation is 1. The number of rotatable bonds is 31. The van der Waals surface area contributed by atoms with E-state index in [0.717, 1.165) is 36.0 Å². The van der Waals surface area contributed by atoms with Crippen molar-refractivity contribution in [3.8, 4) is 5.75 Å². The Morgan fingerprint density at radius 2 is 1.02 bits per heavy atom. The Kier molecular flexibility index (Phi) is 25.4. The first-order valence-electron chi connectivity index (χ1n) is 20.2. The number of hydrogen-bond acceptors (Lipinski definition) is 3. The van der Waals surface area contributed by atoms with Crippen LogP contribution in [0, 0.1) is 13.8 Å². The third-order valence-electron chi connectivity index (χ3n) is 10.4. The van der Waals surface area contributed by atoms with Gasteiger partial charge in [-0.25, -0.2) is 0 Å². The topological polar surface area (TPSA) is 46.5 Å². The number of phenolic OH excluding ortho intramolecular Hbond substituents is 1. The van der Waals surface area contributed by atoms with Gasteiger partial charge in [0.25, 0.3) is 0 Å². The van der Waals surface area contributed by atoms with Crippen molar-refractivity contribution in [2.75, 3.05) is 6.61 Å². The highest BCUT2D eigenvalue weighted by molar-refractivity contribution is 5.70. The van der Waals surface area contributed by atoms with Crippen LogP contribution in [-0.2, 0) is 21.4 Å². The molecule has 3 heteroatoms. The highest BCUT2D eigenvalue weighted by atomic mass is 16.5. The second kappa shape index (κ2) is 27.4. The lowest BCUT2D eigenvalue weighted by atomic mass is 9.77. The quantitative estimate of drug-likeness (QED) is 0.0647. The summed E-state index contributed by atoms with van der Waals surface area (Å²) in [5.41, 5.74) is 4.16. The molecule has 0 aliphatic rings. The predicted molar refractivity (Wildman–Crippen MR) is 201 cm³/mol. The van der Waals surface area contributed by atoms with Crippen LogP contribution in [0.5, 0.6) is 5.75 Å². The fourth-order valence-corrected chi connectivity index (χ4v) is 7.06. The molecule has 0 fully saturated rings. The molecule has 268 valence electrons. The third kappa shape index (κ3) is 20.0. The second-order valence-corrected chi connectivity index (χ2v) is 15.2. The lowest BCUT2D eigenvalue weighted by Gasteiger charge is -2.28. The maximum atomic E-state index is 12.4. The van der Waals surface area contributed by atoms with E-state index in [0.29, 0.717) is 25.2 Å². The zero-order chi connectivity index (χ0) is 33.9. The van der Waals surface area contributed by atoms with Crippen molar-refractivity contribution >= 4 is 5.97 Å². The lowest BCUT2D eigenvalue weighted by molar-refractivity contribution is -0.143. The van der Waals surface area contributed by atoms with E-state index in [1.165, 1.54) is 153 Å². The Morgan fingerprint density at radius 3 is 1.46 bits per heavy atom. The van der Waals surface area contributed by atoms with Crippen molar-refractivity contribution in [3.05, 3.63) is 28.3 Å². The molecular formula is C43H78O3. The molecule has 0 heterocycles. The number of unbranched alkanes of at least 4 members (excludes halogenated alkanes) is 23. The zero-order valence-electron chi connectivity index (χ0n) is 31.8. The Hall–Kier alpha value is -1.51. The fraction of sp³-hybridized carbons (Fsp3) is 0.837. The van der Waals surface area contributed by atoms with E-state index in [1.54, 1.807) is 0 Å².